The van der Waals surface area contributed by atoms with Gasteiger partial charge in [-0.15, -0.1) is 0 Å². The van der Waals surface area contributed by atoms with Gasteiger partial charge in [-0.1, -0.05) is 12.1 Å². The first-order valence-corrected chi connectivity index (χ1v) is 4.78. The molecular formula is C11H16O4. The normalized spacial score (nSPS) is 14.7. The molecule has 1 aromatic rings. The molecule has 3 N–H and O–H groups in total. The third kappa shape index (κ3) is 3.51. The number of aliphatic hydroxyl groups excluding tert-OH is 3. The van der Waals surface area contributed by atoms with Crippen LogP contribution in [-0.4, -0.2) is 35.1 Å². The average Bonchev–Trinajstić information content (AvgIpc) is 2.29. The second-order valence-corrected chi connectivity index (χ2v) is 3.36. The molecule has 0 spiro atoms. The second-order valence-electron chi connectivity index (χ2n) is 3.36. The van der Waals surface area contributed by atoms with Crippen molar-refractivity contribution >= 4 is 0 Å². The van der Waals surface area contributed by atoms with E-state index < -0.39 is 12.2 Å². The van der Waals surface area contributed by atoms with Gasteiger partial charge in [0.25, 0.3) is 0 Å². The van der Waals surface area contributed by atoms with Crippen molar-refractivity contribution in [2.24, 2.45) is 0 Å². The van der Waals surface area contributed by atoms with Gasteiger partial charge < -0.3 is 20.1 Å². The van der Waals surface area contributed by atoms with Crippen LogP contribution >= 0.6 is 0 Å². The zero-order valence-corrected chi connectivity index (χ0v) is 8.63. The third-order valence-electron chi connectivity index (χ3n) is 2.21. The lowest BCUT2D eigenvalue weighted by Crippen LogP contribution is -2.16. The molecule has 0 radical (unpaired) electrons. The smallest absolute Gasteiger partial charge is 0.118 e. The van der Waals surface area contributed by atoms with E-state index in [1.807, 2.05) is 0 Å². The van der Waals surface area contributed by atoms with Crippen molar-refractivity contribution in [2.45, 2.75) is 18.6 Å². The van der Waals surface area contributed by atoms with Crippen LogP contribution in [0.4, 0.5) is 0 Å². The van der Waals surface area contributed by atoms with E-state index in [-0.39, 0.29) is 13.0 Å². The van der Waals surface area contributed by atoms with Gasteiger partial charge in [-0.25, -0.2) is 0 Å². The van der Waals surface area contributed by atoms with E-state index in [0.717, 1.165) is 0 Å². The van der Waals surface area contributed by atoms with Crippen molar-refractivity contribution in [1.29, 1.82) is 0 Å². The van der Waals surface area contributed by atoms with Gasteiger partial charge in [-0.05, 0) is 17.7 Å². The highest BCUT2D eigenvalue weighted by molar-refractivity contribution is 5.28. The molecular weight excluding hydrogens is 196 g/mol. The largest absolute Gasteiger partial charge is 0.497 e. The van der Waals surface area contributed by atoms with Crippen LogP contribution in [0, 0.1) is 0 Å². The predicted molar refractivity (Wildman–Crippen MR) is 55.7 cm³/mol. The summed E-state index contributed by atoms with van der Waals surface area (Å²) in [7, 11) is 1.57. The molecule has 0 aromatic heterocycles. The molecule has 0 aliphatic carbocycles. The second kappa shape index (κ2) is 5.70. The molecule has 2 atom stereocenters. The van der Waals surface area contributed by atoms with Crippen LogP contribution in [0.5, 0.6) is 5.75 Å². The maximum Gasteiger partial charge on any atom is 0.118 e. The molecule has 0 aliphatic heterocycles. The molecule has 0 fully saturated rings. The Bertz CT molecular complexity index is 283. The number of hydrogen-bond acceptors (Lipinski definition) is 4. The van der Waals surface area contributed by atoms with E-state index in [0.29, 0.717) is 11.3 Å². The fourth-order valence-corrected chi connectivity index (χ4v) is 1.29. The van der Waals surface area contributed by atoms with Crippen molar-refractivity contribution in [2.75, 3.05) is 13.7 Å². The minimum Gasteiger partial charge on any atom is -0.497 e. The SMILES string of the molecule is COc1ccc([C@@H](O)C[C@H](O)CO)cc1. The summed E-state index contributed by atoms with van der Waals surface area (Å²) in [5, 5.41) is 27.5. The first-order chi connectivity index (χ1) is 7.17. The Morgan fingerprint density at radius 2 is 1.80 bits per heavy atom. The number of rotatable bonds is 5. The summed E-state index contributed by atoms with van der Waals surface area (Å²) < 4.78 is 4.98. The van der Waals surface area contributed by atoms with Crippen LogP contribution < -0.4 is 4.74 Å². The average molecular weight is 212 g/mol. The monoisotopic (exact) mass is 212 g/mol. The fourth-order valence-electron chi connectivity index (χ4n) is 1.29. The van der Waals surface area contributed by atoms with E-state index in [4.69, 9.17) is 14.9 Å². The molecule has 0 saturated carbocycles. The molecule has 0 heterocycles. The summed E-state index contributed by atoms with van der Waals surface area (Å²) in [5.41, 5.74) is 0.698. The predicted octanol–water partition coefficient (Wildman–Crippen LogP) is 0.472. The zero-order chi connectivity index (χ0) is 11.3. The summed E-state index contributed by atoms with van der Waals surface area (Å²) in [4.78, 5) is 0. The van der Waals surface area contributed by atoms with Gasteiger partial charge in [-0.3, -0.25) is 0 Å². The van der Waals surface area contributed by atoms with Crippen LogP contribution in [0.3, 0.4) is 0 Å². The van der Waals surface area contributed by atoms with Gasteiger partial charge in [0.1, 0.15) is 5.75 Å². The van der Waals surface area contributed by atoms with Gasteiger partial charge in [0, 0.05) is 6.42 Å². The van der Waals surface area contributed by atoms with Crippen molar-refractivity contribution in [3.8, 4) is 5.75 Å². The van der Waals surface area contributed by atoms with Gasteiger partial charge in [0.15, 0.2) is 0 Å². The van der Waals surface area contributed by atoms with Gasteiger partial charge in [0.2, 0.25) is 0 Å². The lowest BCUT2D eigenvalue weighted by atomic mass is 10.0. The third-order valence-corrected chi connectivity index (χ3v) is 2.21. The molecule has 15 heavy (non-hydrogen) atoms. The lowest BCUT2D eigenvalue weighted by molar-refractivity contribution is 0.0413. The Labute approximate surface area is 88.8 Å². The molecule has 1 rings (SSSR count). The Morgan fingerprint density at radius 1 is 1.20 bits per heavy atom. The summed E-state index contributed by atoms with van der Waals surface area (Å²) in [6, 6.07) is 6.94. The highest BCUT2D eigenvalue weighted by Gasteiger charge is 2.12. The summed E-state index contributed by atoms with van der Waals surface area (Å²) in [5.74, 6) is 0.716. The van der Waals surface area contributed by atoms with E-state index in [1.54, 1.807) is 31.4 Å². The highest BCUT2D eigenvalue weighted by atomic mass is 16.5. The maximum absolute atomic E-state index is 9.67. The molecule has 1 aromatic carbocycles. The first kappa shape index (κ1) is 12.0. The number of hydrogen-bond donors (Lipinski definition) is 3. The molecule has 0 aliphatic rings. The van der Waals surface area contributed by atoms with Gasteiger partial charge in [0.05, 0.1) is 25.9 Å². The van der Waals surface area contributed by atoms with Crippen molar-refractivity contribution in [3.05, 3.63) is 29.8 Å². The highest BCUT2D eigenvalue weighted by Crippen LogP contribution is 2.21. The van der Waals surface area contributed by atoms with Crippen LogP contribution in [0.25, 0.3) is 0 Å². The topological polar surface area (TPSA) is 69.9 Å². The minimum atomic E-state index is -0.887. The van der Waals surface area contributed by atoms with Crippen molar-refractivity contribution < 1.29 is 20.1 Å². The number of methoxy groups -OCH3 is 1. The minimum absolute atomic E-state index is 0.128. The Morgan fingerprint density at radius 3 is 2.27 bits per heavy atom. The summed E-state index contributed by atoms with van der Waals surface area (Å²) >= 11 is 0. The molecule has 0 amide bonds. The van der Waals surface area contributed by atoms with Crippen LogP contribution in [0.1, 0.15) is 18.1 Å². The quantitative estimate of drug-likeness (QED) is 0.663. The molecule has 0 bridgehead atoms. The molecule has 0 unspecified atom stereocenters. The Balaban J connectivity index is 2.61. The summed E-state index contributed by atoms with van der Waals surface area (Å²) in [6.07, 6.45) is -1.52. The van der Waals surface area contributed by atoms with E-state index >= 15 is 0 Å². The Hall–Kier alpha value is -1.10. The molecule has 4 heteroatoms. The van der Waals surface area contributed by atoms with Crippen LogP contribution in [0.15, 0.2) is 24.3 Å². The van der Waals surface area contributed by atoms with E-state index in [1.165, 1.54) is 0 Å². The zero-order valence-electron chi connectivity index (χ0n) is 8.63. The number of ether oxygens (including phenoxy) is 1. The van der Waals surface area contributed by atoms with E-state index in [9.17, 15) is 5.11 Å². The first-order valence-electron chi connectivity index (χ1n) is 4.78. The standard InChI is InChI=1S/C11H16O4/c1-15-10-4-2-8(3-5-10)11(14)6-9(13)7-12/h2-5,9,11-14H,6-7H2,1H3/t9-,11-/m0/s1. The van der Waals surface area contributed by atoms with Gasteiger partial charge >= 0.3 is 0 Å². The van der Waals surface area contributed by atoms with E-state index in [2.05, 4.69) is 0 Å². The number of benzene rings is 1. The van der Waals surface area contributed by atoms with Crippen molar-refractivity contribution in [3.63, 3.8) is 0 Å². The molecule has 0 saturated heterocycles. The summed E-state index contributed by atoms with van der Waals surface area (Å²) in [6.45, 7) is -0.340. The molecule has 4 nitrogen and oxygen atoms in total. The van der Waals surface area contributed by atoms with Crippen LogP contribution in [0.2, 0.25) is 0 Å². The van der Waals surface area contributed by atoms with Gasteiger partial charge in [-0.2, -0.15) is 0 Å². The lowest BCUT2D eigenvalue weighted by Gasteiger charge is -2.14. The number of aliphatic hydroxyl groups is 3. The maximum atomic E-state index is 9.67. The van der Waals surface area contributed by atoms with Crippen molar-refractivity contribution in [1.82, 2.24) is 0 Å². The Kier molecular flexibility index (Phi) is 4.55. The molecule has 84 valence electrons. The fraction of sp³-hybridized carbons (Fsp3) is 0.455. The van der Waals surface area contributed by atoms with Crippen LogP contribution in [-0.2, 0) is 0 Å².